The first kappa shape index (κ1) is 17.3. The molecule has 0 aliphatic rings. The summed E-state index contributed by atoms with van der Waals surface area (Å²) in [6.45, 7) is 8.27. The van der Waals surface area contributed by atoms with E-state index in [1.807, 2.05) is 0 Å². The van der Waals surface area contributed by atoms with Crippen LogP contribution in [-0.4, -0.2) is 58.1 Å². The van der Waals surface area contributed by atoms with Gasteiger partial charge < -0.3 is 19.5 Å². The molecule has 0 aliphatic carbocycles. The van der Waals surface area contributed by atoms with Crippen molar-refractivity contribution in [2.24, 2.45) is 0 Å². The van der Waals surface area contributed by atoms with Crippen molar-refractivity contribution in [2.45, 2.75) is 19.8 Å². The number of hydrogen-bond donors (Lipinski definition) is 1. The summed E-state index contributed by atoms with van der Waals surface area (Å²) in [5.41, 5.74) is 0. The summed E-state index contributed by atoms with van der Waals surface area (Å²) in [7, 11) is 0. The van der Waals surface area contributed by atoms with E-state index in [2.05, 4.69) is 28.2 Å². The Balaban J connectivity index is 2.85. The zero-order valence-electron chi connectivity index (χ0n) is 10.9. The molecule has 0 aromatic carbocycles. The highest BCUT2D eigenvalue weighted by atomic mass is 79.9. The van der Waals surface area contributed by atoms with Gasteiger partial charge in [-0.05, 0) is 6.42 Å². The van der Waals surface area contributed by atoms with E-state index in [1.54, 1.807) is 0 Å². The van der Waals surface area contributed by atoms with Crippen LogP contribution in [0.4, 0.5) is 0 Å². The molecule has 5 heteroatoms. The molecule has 0 unspecified atom stereocenters. The summed E-state index contributed by atoms with van der Waals surface area (Å²) in [6.07, 6.45) is 2.31. The summed E-state index contributed by atoms with van der Waals surface area (Å²) in [4.78, 5) is 0. The van der Waals surface area contributed by atoms with Crippen LogP contribution in [0.25, 0.3) is 0 Å². The Bertz CT molecular complexity index is 125. The molecule has 0 amide bonds. The monoisotopic (exact) mass is 311 g/mol. The third kappa shape index (κ3) is 16.3. The zero-order valence-corrected chi connectivity index (χ0v) is 12.5. The van der Waals surface area contributed by atoms with Crippen molar-refractivity contribution < 1.29 is 14.2 Å². The molecule has 0 spiro atoms. The van der Waals surface area contributed by atoms with E-state index < -0.39 is 0 Å². The second-order valence-corrected chi connectivity index (χ2v) is 4.42. The van der Waals surface area contributed by atoms with Gasteiger partial charge in [-0.3, -0.25) is 0 Å². The van der Waals surface area contributed by atoms with Crippen LogP contribution in [0.1, 0.15) is 19.8 Å². The predicted octanol–water partition coefficient (Wildman–Crippen LogP) is 1.82. The SMILES string of the molecule is CCCCOCCOCCOCCNCCBr. The molecule has 0 aliphatic heterocycles. The van der Waals surface area contributed by atoms with Crippen LogP contribution in [0.5, 0.6) is 0 Å². The van der Waals surface area contributed by atoms with Crippen LogP contribution in [0.3, 0.4) is 0 Å². The summed E-state index contributed by atoms with van der Waals surface area (Å²) in [5, 5.41) is 4.21. The van der Waals surface area contributed by atoms with Gasteiger partial charge in [-0.2, -0.15) is 0 Å². The Morgan fingerprint density at radius 1 is 0.824 bits per heavy atom. The molecule has 0 fully saturated rings. The topological polar surface area (TPSA) is 39.7 Å². The van der Waals surface area contributed by atoms with E-state index in [0.29, 0.717) is 26.4 Å². The van der Waals surface area contributed by atoms with E-state index in [0.717, 1.165) is 38.1 Å². The Kier molecular flexibility index (Phi) is 16.6. The Labute approximate surface area is 114 Å². The van der Waals surface area contributed by atoms with Gasteiger partial charge in [0.05, 0.1) is 33.0 Å². The van der Waals surface area contributed by atoms with E-state index in [9.17, 15) is 0 Å². The first-order chi connectivity index (χ1) is 8.41. The van der Waals surface area contributed by atoms with Crippen molar-refractivity contribution >= 4 is 15.9 Å². The number of alkyl halides is 1. The number of hydrogen-bond acceptors (Lipinski definition) is 4. The summed E-state index contributed by atoms with van der Waals surface area (Å²) in [5.74, 6) is 0. The summed E-state index contributed by atoms with van der Waals surface area (Å²) in [6, 6.07) is 0. The van der Waals surface area contributed by atoms with Crippen LogP contribution in [0.2, 0.25) is 0 Å². The van der Waals surface area contributed by atoms with Crippen molar-refractivity contribution in [1.82, 2.24) is 5.32 Å². The molecule has 0 saturated carbocycles. The second-order valence-electron chi connectivity index (χ2n) is 3.63. The quantitative estimate of drug-likeness (QED) is 0.392. The van der Waals surface area contributed by atoms with Gasteiger partial charge >= 0.3 is 0 Å². The second kappa shape index (κ2) is 16.3. The standard InChI is InChI=1S/C12H26BrNO3/c1-2-3-7-15-9-11-17-12-10-16-8-6-14-5-4-13/h14H,2-12H2,1H3. The smallest absolute Gasteiger partial charge is 0.0701 e. The fraction of sp³-hybridized carbons (Fsp3) is 1.00. The van der Waals surface area contributed by atoms with Crippen LogP contribution in [0.15, 0.2) is 0 Å². The molecule has 0 radical (unpaired) electrons. The average Bonchev–Trinajstić information content (AvgIpc) is 2.35. The van der Waals surface area contributed by atoms with Gasteiger partial charge in [0.25, 0.3) is 0 Å². The lowest BCUT2D eigenvalue weighted by Gasteiger charge is -2.07. The highest BCUT2D eigenvalue weighted by Gasteiger charge is 1.91. The van der Waals surface area contributed by atoms with Gasteiger partial charge in [-0.1, -0.05) is 29.3 Å². The molecule has 0 aromatic rings. The van der Waals surface area contributed by atoms with Gasteiger partial charge in [-0.25, -0.2) is 0 Å². The van der Waals surface area contributed by atoms with Crippen LogP contribution in [-0.2, 0) is 14.2 Å². The largest absolute Gasteiger partial charge is 0.379 e. The maximum absolute atomic E-state index is 5.38. The van der Waals surface area contributed by atoms with Gasteiger partial charge in [0.1, 0.15) is 0 Å². The first-order valence-corrected chi connectivity index (χ1v) is 7.53. The Hall–Kier alpha value is 0.320. The van der Waals surface area contributed by atoms with Crippen LogP contribution >= 0.6 is 15.9 Å². The molecule has 0 atom stereocenters. The van der Waals surface area contributed by atoms with Crippen molar-refractivity contribution in [3.05, 3.63) is 0 Å². The molecule has 1 N–H and O–H groups in total. The highest BCUT2D eigenvalue weighted by molar-refractivity contribution is 9.09. The summed E-state index contributed by atoms with van der Waals surface area (Å²) >= 11 is 3.35. The number of nitrogens with one attached hydrogen (secondary N) is 1. The number of halogens is 1. The van der Waals surface area contributed by atoms with E-state index >= 15 is 0 Å². The molecule has 4 nitrogen and oxygen atoms in total. The Morgan fingerprint density at radius 3 is 2.00 bits per heavy atom. The van der Waals surface area contributed by atoms with Crippen molar-refractivity contribution in [2.75, 3.05) is 58.1 Å². The number of rotatable bonds is 14. The lowest BCUT2D eigenvalue weighted by atomic mass is 10.4. The van der Waals surface area contributed by atoms with Crippen molar-refractivity contribution in [1.29, 1.82) is 0 Å². The van der Waals surface area contributed by atoms with Crippen molar-refractivity contribution in [3.8, 4) is 0 Å². The lowest BCUT2D eigenvalue weighted by molar-refractivity contribution is 0.0147. The molecule has 104 valence electrons. The lowest BCUT2D eigenvalue weighted by Crippen LogP contribution is -2.22. The van der Waals surface area contributed by atoms with Crippen LogP contribution < -0.4 is 5.32 Å². The Morgan fingerprint density at radius 2 is 1.41 bits per heavy atom. The predicted molar refractivity (Wildman–Crippen MR) is 74.0 cm³/mol. The molecule has 0 aromatic heterocycles. The van der Waals surface area contributed by atoms with E-state index in [4.69, 9.17) is 14.2 Å². The minimum atomic E-state index is 0.648. The average molecular weight is 312 g/mol. The third-order valence-corrected chi connectivity index (χ3v) is 2.48. The minimum Gasteiger partial charge on any atom is -0.379 e. The fourth-order valence-corrected chi connectivity index (χ4v) is 1.40. The number of ether oxygens (including phenoxy) is 3. The van der Waals surface area contributed by atoms with Crippen molar-refractivity contribution in [3.63, 3.8) is 0 Å². The third-order valence-electron chi connectivity index (χ3n) is 2.08. The molecule has 0 heterocycles. The van der Waals surface area contributed by atoms with Gasteiger partial charge in [0, 0.05) is 25.0 Å². The molecular formula is C12H26BrNO3. The minimum absolute atomic E-state index is 0.648. The molecule has 0 bridgehead atoms. The van der Waals surface area contributed by atoms with Gasteiger partial charge in [0.2, 0.25) is 0 Å². The molecule has 0 rings (SSSR count). The zero-order chi connectivity index (χ0) is 12.6. The maximum atomic E-state index is 5.38. The first-order valence-electron chi connectivity index (χ1n) is 6.41. The van der Waals surface area contributed by atoms with E-state index in [-0.39, 0.29) is 0 Å². The maximum Gasteiger partial charge on any atom is 0.0701 e. The molecule has 0 saturated heterocycles. The van der Waals surface area contributed by atoms with Gasteiger partial charge in [-0.15, -0.1) is 0 Å². The molecule has 17 heavy (non-hydrogen) atoms. The summed E-state index contributed by atoms with van der Waals surface area (Å²) < 4.78 is 16.1. The normalized spacial score (nSPS) is 10.9. The fourth-order valence-electron chi connectivity index (χ4n) is 1.12. The van der Waals surface area contributed by atoms with Crippen LogP contribution in [0, 0.1) is 0 Å². The number of unbranched alkanes of at least 4 members (excludes halogenated alkanes) is 1. The highest BCUT2D eigenvalue weighted by Crippen LogP contribution is 1.87. The van der Waals surface area contributed by atoms with Gasteiger partial charge in [0.15, 0.2) is 0 Å². The van der Waals surface area contributed by atoms with E-state index in [1.165, 1.54) is 6.42 Å². The molecular weight excluding hydrogens is 286 g/mol.